The van der Waals surface area contributed by atoms with Crippen molar-refractivity contribution in [2.75, 3.05) is 6.26 Å². The summed E-state index contributed by atoms with van der Waals surface area (Å²) in [5.74, 6) is 0. The monoisotopic (exact) mass is 207 g/mol. The Kier molecular flexibility index (Phi) is 4.22. The van der Waals surface area contributed by atoms with Crippen LogP contribution in [-0.4, -0.2) is 22.9 Å². The van der Waals surface area contributed by atoms with Crippen molar-refractivity contribution in [3.8, 4) is 0 Å². The zero-order chi connectivity index (χ0) is 8.97. The van der Waals surface area contributed by atoms with Gasteiger partial charge in [0.2, 0.25) is 0 Å². The maximum Gasteiger partial charge on any atom is 0.279 e. The Morgan fingerprint density at radius 2 is 2.17 bits per heavy atom. The van der Waals surface area contributed by atoms with Crippen LogP contribution in [-0.2, 0) is 0 Å². The molecule has 0 radical (unpaired) electrons. The minimum absolute atomic E-state index is 0.0348. The number of carbonyl (C=O) groups excluding carboxylic acids is 1. The number of hydrogen-bond acceptors (Lipinski definition) is 2. The SMILES string of the molecule is CSC(=O)N[C@@H]1CCCC[C@H]1Cl. The smallest absolute Gasteiger partial charge is 0.279 e. The molecule has 2 nitrogen and oxygen atoms in total. The van der Waals surface area contributed by atoms with Gasteiger partial charge in [0.05, 0.1) is 5.38 Å². The molecular weight excluding hydrogens is 194 g/mol. The lowest BCUT2D eigenvalue weighted by Gasteiger charge is -2.27. The van der Waals surface area contributed by atoms with Crippen LogP contribution in [0.3, 0.4) is 0 Å². The molecular formula is C8H14ClNOS. The van der Waals surface area contributed by atoms with Gasteiger partial charge in [0.15, 0.2) is 0 Å². The summed E-state index contributed by atoms with van der Waals surface area (Å²) in [6.07, 6.45) is 6.21. The molecule has 0 aromatic heterocycles. The van der Waals surface area contributed by atoms with Crippen molar-refractivity contribution in [2.45, 2.75) is 37.1 Å². The van der Waals surface area contributed by atoms with Gasteiger partial charge in [-0.2, -0.15) is 0 Å². The zero-order valence-corrected chi connectivity index (χ0v) is 8.75. The average Bonchev–Trinajstić information content (AvgIpc) is 2.09. The fourth-order valence-corrected chi connectivity index (χ4v) is 2.07. The van der Waals surface area contributed by atoms with Crippen LogP contribution in [0.4, 0.5) is 4.79 Å². The molecule has 0 aromatic carbocycles. The molecule has 1 aliphatic carbocycles. The van der Waals surface area contributed by atoms with E-state index in [1.165, 1.54) is 24.6 Å². The molecule has 0 aromatic rings. The number of thioether (sulfide) groups is 1. The molecule has 70 valence electrons. The van der Waals surface area contributed by atoms with Crippen molar-refractivity contribution in [3.63, 3.8) is 0 Å². The molecule has 0 aliphatic heterocycles. The van der Waals surface area contributed by atoms with Crippen LogP contribution < -0.4 is 5.32 Å². The highest BCUT2D eigenvalue weighted by atomic mass is 35.5. The normalized spacial score (nSPS) is 29.8. The molecule has 1 fully saturated rings. The quantitative estimate of drug-likeness (QED) is 0.670. The Hall–Kier alpha value is 0.110. The molecule has 12 heavy (non-hydrogen) atoms. The number of halogens is 1. The minimum Gasteiger partial charge on any atom is -0.343 e. The maximum absolute atomic E-state index is 11.0. The Balaban J connectivity index is 2.33. The predicted molar refractivity (Wildman–Crippen MR) is 53.9 cm³/mol. The van der Waals surface area contributed by atoms with Crippen molar-refractivity contribution < 1.29 is 4.79 Å². The van der Waals surface area contributed by atoms with Gasteiger partial charge in [-0.05, 0) is 19.1 Å². The van der Waals surface area contributed by atoms with Crippen molar-refractivity contribution in [1.29, 1.82) is 0 Å². The summed E-state index contributed by atoms with van der Waals surface area (Å²) in [6, 6.07) is 0.195. The van der Waals surface area contributed by atoms with Gasteiger partial charge in [-0.1, -0.05) is 24.6 Å². The van der Waals surface area contributed by atoms with Gasteiger partial charge in [0, 0.05) is 6.04 Å². The molecule has 0 bridgehead atoms. The highest BCUT2D eigenvalue weighted by Crippen LogP contribution is 2.23. The van der Waals surface area contributed by atoms with Crippen molar-refractivity contribution in [2.24, 2.45) is 0 Å². The van der Waals surface area contributed by atoms with Crippen LogP contribution in [0, 0.1) is 0 Å². The summed E-state index contributed by atoms with van der Waals surface area (Å²) in [7, 11) is 0. The van der Waals surface area contributed by atoms with Crippen molar-refractivity contribution >= 4 is 28.6 Å². The van der Waals surface area contributed by atoms with Crippen LogP contribution in [0.25, 0.3) is 0 Å². The molecule has 4 heteroatoms. The third-order valence-electron chi connectivity index (χ3n) is 2.17. The molecule has 0 heterocycles. The van der Waals surface area contributed by atoms with Crippen molar-refractivity contribution in [1.82, 2.24) is 5.32 Å². The van der Waals surface area contributed by atoms with E-state index in [-0.39, 0.29) is 16.7 Å². The Morgan fingerprint density at radius 1 is 1.50 bits per heavy atom. The van der Waals surface area contributed by atoms with Gasteiger partial charge < -0.3 is 5.32 Å². The highest BCUT2D eigenvalue weighted by molar-refractivity contribution is 8.12. The van der Waals surface area contributed by atoms with Gasteiger partial charge in [-0.25, -0.2) is 0 Å². The zero-order valence-electron chi connectivity index (χ0n) is 7.18. The van der Waals surface area contributed by atoms with Crippen LogP contribution in [0.2, 0.25) is 0 Å². The second-order valence-corrected chi connectivity index (χ2v) is 4.38. The lowest BCUT2D eigenvalue weighted by molar-refractivity contribution is 0.253. The molecule has 1 aliphatic rings. The van der Waals surface area contributed by atoms with E-state index in [0.717, 1.165) is 12.8 Å². The first-order valence-electron chi connectivity index (χ1n) is 4.22. The number of nitrogens with one attached hydrogen (secondary N) is 1. The summed E-state index contributed by atoms with van der Waals surface area (Å²) < 4.78 is 0. The lowest BCUT2D eigenvalue weighted by Crippen LogP contribution is -2.41. The summed E-state index contributed by atoms with van der Waals surface area (Å²) in [5.41, 5.74) is 0. The standard InChI is InChI=1S/C8H14ClNOS/c1-12-8(11)10-7-5-3-2-4-6(7)9/h6-7H,2-5H2,1H3,(H,10,11)/t6-,7-/m1/s1. The molecule has 1 N–H and O–H groups in total. The number of amides is 1. The molecule has 0 unspecified atom stereocenters. The average molecular weight is 208 g/mol. The fraction of sp³-hybridized carbons (Fsp3) is 0.875. The first kappa shape index (κ1) is 10.2. The van der Waals surface area contributed by atoms with E-state index in [2.05, 4.69) is 5.32 Å². The minimum atomic E-state index is 0.0348. The second-order valence-electron chi connectivity index (χ2n) is 3.04. The number of rotatable bonds is 1. The van der Waals surface area contributed by atoms with Gasteiger partial charge in [-0.3, -0.25) is 4.79 Å². The largest absolute Gasteiger partial charge is 0.343 e. The third kappa shape index (κ3) is 2.87. The fourth-order valence-electron chi connectivity index (χ4n) is 1.46. The van der Waals surface area contributed by atoms with Gasteiger partial charge in [0.25, 0.3) is 5.24 Å². The van der Waals surface area contributed by atoms with Gasteiger partial charge in [-0.15, -0.1) is 11.6 Å². The molecule has 2 atom stereocenters. The van der Waals surface area contributed by atoms with Gasteiger partial charge >= 0.3 is 0 Å². The number of alkyl halides is 1. The first-order chi connectivity index (χ1) is 5.74. The Bertz CT molecular complexity index is 165. The molecule has 0 spiro atoms. The number of carbonyl (C=O) groups is 1. The Labute approximate surface area is 82.4 Å². The molecule has 1 saturated carbocycles. The second kappa shape index (κ2) is 4.97. The summed E-state index contributed by atoms with van der Waals surface area (Å²) >= 11 is 7.27. The topological polar surface area (TPSA) is 29.1 Å². The summed E-state index contributed by atoms with van der Waals surface area (Å²) in [4.78, 5) is 11.0. The van der Waals surface area contributed by atoms with E-state index in [0.29, 0.717) is 0 Å². The summed E-state index contributed by atoms with van der Waals surface area (Å²) in [5, 5.41) is 3.08. The van der Waals surface area contributed by atoms with E-state index in [4.69, 9.17) is 11.6 Å². The molecule has 0 saturated heterocycles. The first-order valence-corrected chi connectivity index (χ1v) is 5.88. The van der Waals surface area contributed by atoms with Crippen molar-refractivity contribution in [3.05, 3.63) is 0 Å². The van der Waals surface area contributed by atoms with Crippen LogP contribution in [0.1, 0.15) is 25.7 Å². The van der Waals surface area contributed by atoms with Gasteiger partial charge in [0.1, 0.15) is 0 Å². The van der Waals surface area contributed by atoms with E-state index in [1.54, 1.807) is 6.26 Å². The number of hydrogen-bond donors (Lipinski definition) is 1. The molecule has 1 rings (SSSR count). The van der Waals surface area contributed by atoms with Crippen LogP contribution in [0.5, 0.6) is 0 Å². The van der Waals surface area contributed by atoms with E-state index in [1.807, 2.05) is 0 Å². The Morgan fingerprint density at radius 3 is 2.75 bits per heavy atom. The molecule has 1 amide bonds. The van der Waals surface area contributed by atoms with Crippen LogP contribution >= 0.6 is 23.4 Å². The van der Waals surface area contributed by atoms with Crippen LogP contribution in [0.15, 0.2) is 0 Å². The highest BCUT2D eigenvalue weighted by Gasteiger charge is 2.23. The summed E-state index contributed by atoms with van der Waals surface area (Å²) in [6.45, 7) is 0. The predicted octanol–water partition coefficient (Wildman–Crippen LogP) is 2.61. The lowest BCUT2D eigenvalue weighted by atomic mass is 9.95. The third-order valence-corrected chi connectivity index (χ3v) is 3.18. The van der Waals surface area contributed by atoms with E-state index in [9.17, 15) is 4.79 Å². The van der Waals surface area contributed by atoms with E-state index < -0.39 is 0 Å². The maximum atomic E-state index is 11.0. The van der Waals surface area contributed by atoms with E-state index >= 15 is 0 Å².